The number of anilines is 6. The van der Waals surface area contributed by atoms with Gasteiger partial charge in [-0.15, -0.1) is 0 Å². The number of carbonyl (C=O) groups is 3. The van der Waals surface area contributed by atoms with Crippen molar-refractivity contribution < 1.29 is 43.2 Å². The number of amides is 2. The van der Waals surface area contributed by atoms with E-state index in [1.54, 1.807) is 97.3 Å². The number of hydrogen-bond acceptors (Lipinski definition) is 19. The number of ether oxygens (including phenoxy) is 5. The summed E-state index contributed by atoms with van der Waals surface area (Å²) in [5.41, 5.74) is 6.77. The first kappa shape index (κ1) is 64.2. The molecule has 23 heteroatoms. The number of nitrogens with zero attached hydrogens (tertiary/aromatic N) is 8. The summed E-state index contributed by atoms with van der Waals surface area (Å²) in [6.07, 6.45) is 8.28. The van der Waals surface area contributed by atoms with E-state index in [9.17, 15) is 30.0 Å². The van der Waals surface area contributed by atoms with Crippen LogP contribution < -0.4 is 40.2 Å². The number of methoxy groups -OCH3 is 1. The molecule has 8 aromatic rings. The predicted octanol–water partition coefficient (Wildman–Crippen LogP) is 11.6. The molecule has 0 aliphatic heterocycles. The molecule has 0 radical (unpaired) electrons. The summed E-state index contributed by atoms with van der Waals surface area (Å²) in [4.78, 5) is 59.0. The summed E-state index contributed by atoms with van der Waals surface area (Å²) >= 11 is 13.3. The lowest BCUT2D eigenvalue weighted by Gasteiger charge is -2.17. The van der Waals surface area contributed by atoms with Crippen molar-refractivity contribution in [2.75, 3.05) is 82.9 Å². The zero-order valence-electron chi connectivity index (χ0n) is 48.7. The van der Waals surface area contributed by atoms with Crippen LogP contribution in [-0.2, 0) is 34.1 Å². The van der Waals surface area contributed by atoms with Crippen molar-refractivity contribution in [3.8, 4) is 35.1 Å². The molecular weight excluding hydrogens is 1140 g/mol. The standard InChI is InChI=1S/C32H33ClN6O5.C31H33ClN6O4/c1-5-43-29-16-26-23(15-27(29)37-30(40)9-7-13-39(2)3)31(20(17-34)18-36-26)38-25-11-10-21(14-24(25)33)44-19-28-22(32(41)42-4)8-6-12-35-28;1-4-41-29-15-26-23(14-27(29)36-30(40)8-6-12-38(2)3)31(21(16-33)17-35-26)37-25-10-9-22(13-24(25)32)42-19-28-20(18-39)7-5-11-34-28/h6,8,10-12,14-16,18H,5,7,9,13,19H2,1-4H3,(H,36,38)(H,37,40);5,7,9-11,13-15,17,39H,4,6,8,12,18-19H2,1-3H3,(H,35,37)(H,36,40). The average Bonchev–Trinajstić information content (AvgIpc) is 1.01. The maximum atomic E-state index is 12.7. The largest absolute Gasteiger partial charge is 0.492 e. The van der Waals surface area contributed by atoms with Crippen LogP contribution in [-0.4, -0.2) is 114 Å². The fraction of sp³-hybridized carbons (Fsp3) is 0.286. The predicted molar refractivity (Wildman–Crippen MR) is 332 cm³/mol. The topological polar surface area (TPSA) is 271 Å². The number of benzene rings is 4. The number of rotatable bonds is 26. The first-order chi connectivity index (χ1) is 41.6. The number of aliphatic hydroxyl groups excluding tert-OH is 1. The van der Waals surface area contributed by atoms with E-state index in [0.717, 1.165) is 13.1 Å². The Morgan fingerprint density at radius 3 is 1.50 bits per heavy atom. The smallest absolute Gasteiger partial charge is 0.339 e. The van der Waals surface area contributed by atoms with Crippen molar-refractivity contribution in [1.82, 2.24) is 29.7 Å². The maximum absolute atomic E-state index is 12.7. The highest BCUT2D eigenvalue weighted by molar-refractivity contribution is 6.34. The number of pyridine rings is 4. The van der Waals surface area contributed by atoms with E-state index in [4.69, 9.17) is 46.9 Å². The van der Waals surface area contributed by atoms with Crippen LogP contribution in [0.4, 0.5) is 34.1 Å². The molecule has 4 heterocycles. The molecule has 4 aromatic carbocycles. The van der Waals surface area contributed by atoms with Gasteiger partial charge in [-0.2, -0.15) is 10.5 Å². The van der Waals surface area contributed by atoms with Gasteiger partial charge in [0.15, 0.2) is 0 Å². The lowest BCUT2D eigenvalue weighted by Crippen LogP contribution is -2.17. The van der Waals surface area contributed by atoms with Crippen molar-refractivity contribution in [3.05, 3.63) is 153 Å². The molecule has 4 aromatic heterocycles. The molecule has 0 atom stereocenters. The Balaban J connectivity index is 0.000000246. The molecular formula is C63H66Cl2N12O9. The number of nitrogens with one attached hydrogen (secondary N) is 4. The number of fused-ring (bicyclic) bond motifs is 2. The van der Waals surface area contributed by atoms with Gasteiger partial charge >= 0.3 is 5.97 Å². The molecule has 0 saturated carbocycles. The van der Waals surface area contributed by atoms with E-state index >= 15 is 0 Å². The van der Waals surface area contributed by atoms with Crippen LogP contribution in [0, 0.1) is 22.7 Å². The Kier molecular flexibility index (Phi) is 23.5. The number of nitriles is 2. The van der Waals surface area contributed by atoms with Gasteiger partial charge in [-0.05, 0) is 123 Å². The van der Waals surface area contributed by atoms with Crippen molar-refractivity contribution in [1.29, 1.82) is 10.5 Å². The lowest BCUT2D eigenvalue weighted by atomic mass is 10.1. The summed E-state index contributed by atoms with van der Waals surface area (Å²) in [5.74, 6) is 1.15. The van der Waals surface area contributed by atoms with Crippen LogP contribution >= 0.6 is 23.2 Å². The van der Waals surface area contributed by atoms with Gasteiger partial charge in [0, 0.05) is 78.2 Å². The summed E-state index contributed by atoms with van der Waals surface area (Å²) < 4.78 is 28.1. The molecule has 0 fully saturated rings. The third-order valence-electron chi connectivity index (χ3n) is 12.9. The Morgan fingerprint density at radius 2 is 1.07 bits per heavy atom. The molecule has 5 N–H and O–H groups in total. The maximum Gasteiger partial charge on any atom is 0.339 e. The van der Waals surface area contributed by atoms with Crippen LogP contribution in [0.2, 0.25) is 10.0 Å². The number of carbonyl (C=O) groups excluding carboxylic acids is 3. The molecule has 21 nitrogen and oxygen atoms in total. The molecule has 0 spiro atoms. The van der Waals surface area contributed by atoms with E-state index in [-0.39, 0.29) is 37.2 Å². The van der Waals surface area contributed by atoms with Crippen molar-refractivity contribution >= 4 is 96.9 Å². The third kappa shape index (κ3) is 17.4. The quantitative estimate of drug-likeness (QED) is 0.0315. The van der Waals surface area contributed by atoms with Gasteiger partial charge < -0.3 is 59.9 Å². The van der Waals surface area contributed by atoms with E-state index < -0.39 is 5.97 Å². The highest BCUT2D eigenvalue weighted by atomic mass is 35.5. The fourth-order valence-corrected chi connectivity index (χ4v) is 9.14. The van der Waals surface area contributed by atoms with Gasteiger partial charge in [0.2, 0.25) is 11.8 Å². The third-order valence-corrected chi connectivity index (χ3v) is 13.6. The van der Waals surface area contributed by atoms with E-state index in [2.05, 4.69) is 53.3 Å². The lowest BCUT2D eigenvalue weighted by molar-refractivity contribution is -0.117. The summed E-state index contributed by atoms with van der Waals surface area (Å²) in [6, 6.07) is 28.3. The molecule has 8 rings (SSSR count). The van der Waals surface area contributed by atoms with Gasteiger partial charge in [0.1, 0.15) is 48.4 Å². The minimum absolute atomic E-state index is 0.0216. The van der Waals surface area contributed by atoms with Crippen LogP contribution in [0.25, 0.3) is 21.8 Å². The average molecular weight is 1210 g/mol. The molecule has 2 amide bonds. The molecule has 0 saturated heterocycles. The second-order valence-corrected chi connectivity index (χ2v) is 20.5. The van der Waals surface area contributed by atoms with Gasteiger partial charge in [-0.25, -0.2) is 4.79 Å². The molecule has 446 valence electrons. The number of esters is 1. The van der Waals surface area contributed by atoms with Gasteiger partial charge in [-0.3, -0.25) is 29.5 Å². The molecule has 0 bridgehead atoms. The molecule has 86 heavy (non-hydrogen) atoms. The highest BCUT2D eigenvalue weighted by Gasteiger charge is 2.20. The zero-order valence-corrected chi connectivity index (χ0v) is 50.2. The van der Waals surface area contributed by atoms with E-state index in [1.807, 2.05) is 51.8 Å². The summed E-state index contributed by atoms with van der Waals surface area (Å²) in [5, 5.41) is 43.7. The number of hydrogen-bond donors (Lipinski definition) is 5. The minimum atomic E-state index is -0.507. The molecule has 0 aliphatic rings. The molecule has 0 unspecified atom stereocenters. The van der Waals surface area contributed by atoms with Crippen LogP contribution in [0.15, 0.2) is 110 Å². The van der Waals surface area contributed by atoms with Gasteiger partial charge in [0.05, 0.1) is 110 Å². The Labute approximate surface area is 508 Å². The van der Waals surface area contributed by atoms with E-state index in [1.165, 1.54) is 19.5 Å². The summed E-state index contributed by atoms with van der Waals surface area (Å²) in [6.45, 7) is 6.16. The highest BCUT2D eigenvalue weighted by Crippen LogP contribution is 2.40. The summed E-state index contributed by atoms with van der Waals surface area (Å²) in [7, 11) is 9.15. The SMILES string of the molecule is CCOc1cc2ncc(C#N)c(Nc3ccc(OCc4ncccc4C(=O)OC)cc3Cl)c2cc1NC(=O)CCCN(C)C.CCOc1cc2ncc(C#N)c(Nc3ccc(OCc4ncccc4CO)cc3Cl)c2cc1NC(=O)CCCN(C)C. The minimum Gasteiger partial charge on any atom is -0.492 e. The van der Waals surface area contributed by atoms with Gasteiger partial charge in [0.25, 0.3) is 0 Å². The van der Waals surface area contributed by atoms with Gasteiger partial charge in [-0.1, -0.05) is 29.3 Å². The van der Waals surface area contributed by atoms with Crippen LogP contribution in [0.5, 0.6) is 23.0 Å². The number of aromatic nitrogens is 4. The normalized spacial score (nSPS) is 10.8. The Bertz CT molecular complexity index is 3800. The zero-order chi connectivity index (χ0) is 61.7. The van der Waals surface area contributed by atoms with E-state index in [0.29, 0.717) is 156 Å². The monoisotopic (exact) mass is 1200 g/mol. The fourth-order valence-electron chi connectivity index (χ4n) is 8.70. The first-order valence-corrected chi connectivity index (χ1v) is 28.1. The van der Waals surface area contributed by atoms with Crippen molar-refractivity contribution in [2.24, 2.45) is 0 Å². The van der Waals surface area contributed by atoms with Crippen molar-refractivity contribution in [2.45, 2.75) is 59.4 Å². The van der Waals surface area contributed by atoms with Crippen molar-refractivity contribution in [3.63, 3.8) is 0 Å². The van der Waals surface area contributed by atoms with Crippen LogP contribution in [0.3, 0.4) is 0 Å². The second-order valence-electron chi connectivity index (χ2n) is 19.7. The number of halogens is 2. The Hall–Kier alpha value is -9.35. The Morgan fingerprint density at radius 1 is 0.605 bits per heavy atom. The number of aliphatic hydroxyl groups is 1. The second kappa shape index (κ2) is 31.5. The van der Waals surface area contributed by atoms with Crippen LogP contribution in [0.1, 0.15) is 78.0 Å². The molecule has 0 aliphatic carbocycles. The first-order valence-electron chi connectivity index (χ1n) is 27.4.